The van der Waals surface area contributed by atoms with Gasteiger partial charge in [-0.3, -0.25) is 0 Å². The maximum Gasteiger partial charge on any atom is 0.0233 e. The Morgan fingerprint density at radius 3 is 2.83 bits per heavy atom. The van der Waals surface area contributed by atoms with Gasteiger partial charge in [-0.15, -0.1) is 0 Å². The number of rotatable bonds is 0. The normalized spacial score (nSPS) is 25.5. The van der Waals surface area contributed by atoms with Gasteiger partial charge >= 0.3 is 0 Å². The van der Waals surface area contributed by atoms with Crippen LogP contribution in [-0.4, -0.2) is 23.8 Å². The smallest absolute Gasteiger partial charge is 0.0233 e. The second-order valence-electron chi connectivity index (χ2n) is 1.24. The molecule has 36 valence electrons. The average Bonchev–Trinajstić information content (AvgIpc) is 1.86. The van der Waals surface area contributed by atoms with E-state index in [1.807, 2.05) is 23.4 Å². The molecule has 0 spiro atoms. The Kier molecular flexibility index (Phi) is 1.34. The zero-order valence-electron chi connectivity index (χ0n) is 3.77. The average molecular weight is 104 g/mol. The number of hydrogen-bond acceptors (Lipinski definition) is 3. The van der Waals surface area contributed by atoms with Crippen LogP contribution in [0.1, 0.15) is 0 Å². The fourth-order valence-corrected chi connectivity index (χ4v) is 1.07. The van der Waals surface area contributed by atoms with Gasteiger partial charge in [0.05, 0.1) is 0 Å². The Morgan fingerprint density at radius 1 is 1.83 bits per heavy atom. The Bertz CT molecular complexity index is 42.1. The zero-order valence-corrected chi connectivity index (χ0v) is 4.59. The molecule has 1 aliphatic rings. The van der Waals surface area contributed by atoms with Crippen molar-refractivity contribution in [1.82, 2.24) is 9.84 Å². The van der Waals surface area contributed by atoms with E-state index in [1.54, 1.807) is 0 Å². The minimum atomic E-state index is 1.13. The topological polar surface area (TPSA) is 15.3 Å². The van der Waals surface area contributed by atoms with Crippen LogP contribution in [0.4, 0.5) is 0 Å². The molecular weight excluding hydrogens is 96.1 g/mol. The summed E-state index contributed by atoms with van der Waals surface area (Å²) in [7, 11) is 2.03. The summed E-state index contributed by atoms with van der Waals surface area (Å²) in [6, 6.07) is 0. The lowest BCUT2D eigenvalue weighted by molar-refractivity contribution is 0.458. The first-order valence-electron chi connectivity index (χ1n) is 2.00. The van der Waals surface area contributed by atoms with Gasteiger partial charge in [-0.05, 0) is 0 Å². The lowest BCUT2D eigenvalue weighted by atomic mass is 10.8. The summed E-state index contributed by atoms with van der Waals surface area (Å²) < 4.78 is 2.03. The first kappa shape index (κ1) is 4.43. The molecule has 0 atom stereocenters. The van der Waals surface area contributed by atoms with E-state index in [-0.39, 0.29) is 0 Å². The van der Waals surface area contributed by atoms with E-state index < -0.39 is 0 Å². The molecule has 2 nitrogen and oxygen atoms in total. The molecule has 0 radical (unpaired) electrons. The van der Waals surface area contributed by atoms with Crippen LogP contribution in [0.3, 0.4) is 0 Å². The minimum absolute atomic E-state index is 1.13. The van der Waals surface area contributed by atoms with Crippen LogP contribution in [0, 0.1) is 0 Å². The van der Waals surface area contributed by atoms with Crippen molar-refractivity contribution in [1.29, 1.82) is 0 Å². The van der Waals surface area contributed by atoms with E-state index in [4.69, 9.17) is 0 Å². The standard InChI is InChI=1S/C3H8N2S/c1-5-4-2-3-6-5/h4H,2-3H2,1H3. The highest BCUT2D eigenvalue weighted by Gasteiger charge is 2.02. The highest BCUT2D eigenvalue weighted by molar-refractivity contribution is 7.97. The van der Waals surface area contributed by atoms with Gasteiger partial charge < -0.3 is 0 Å². The largest absolute Gasteiger partial charge is 0.245 e. The quantitative estimate of drug-likeness (QED) is 0.438. The first-order valence-corrected chi connectivity index (χ1v) is 2.94. The third-order valence-corrected chi connectivity index (χ3v) is 1.62. The summed E-state index contributed by atoms with van der Waals surface area (Å²) in [5, 5.41) is 0. The second-order valence-corrected chi connectivity index (χ2v) is 2.45. The highest BCUT2D eigenvalue weighted by atomic mass is 32.2. The SMILES string of the molecule is CN1NCCS1. The van der Waals surface area contributed by atoms with E-state index in [1.165, 1.54) is 5.75 Å². The molecule has 1 heterocycles. The fraction of sp³-hybridized carbons (Fsp3) is 1.00. The fourth-order valence-electron chi connectivity index (χ4n) is 0.431. The van der Waals surface area contributed by atoms with Crippen molar-refractivity contribution < 1.29 is 0 Å². The third kappa shape index (κ3) is 0.864. The molecule has 1 aliphatic heterocycles. The van der Waals surface area contributed by atoms with Crippen molar-refractivity contribution in [3.63, 3.8) is 0 Å². The molecule has 6 heavy (non-hydrogen) atoms. The van der Waals surface area contributed by atoms with E-state index >= 15 is 0 Å². The summed E-state index contributed by atoms with van der Waals surface area (Å²) in [4.78, 5) is 0. The van der Waals surface area contributed by atoms with Crippen LogP contribution in [0.15, 0.2) is 0 Å². The van der Waals surface area contributed by atoms with Crippen LogP contribution in [-0.2, 0) is 0 Å². The van der Waals surface area contributed by atoms with Gasteiger partial charge in [-0.2, -0.15) is 4.41 Å². The number of nitrogens with zero attached hydrogens (tertiary/aromatic N) is 1. The van der Waals surface area contributed by atoms with Crippen LogP contribution >= 0.6 is 11.9 Å². The molecule has 0 aliphatic carbocycles. The van der Waals surface area contributed by atoms with Crippen molar-refractivity contribution in [3.8, 4) is 0 Å². The van der Waals surface area contributed by atoms with Crippen molar-refractivity contribution >= 4 is 11.9 Å². The van der Waals surface area contributed by atoms with E-state index in [2.05, 4.69) is 5.43 Å². The third-order valence-electron chi connectivity index (χ3n) is 0.721. The predicted octanol–water partition coefficient (Wildman–Crippen LogP) is 0.0846. The van der Waals surface area contributed by atoms with Crippen molar-refractivity contribution in [2.75, 3.05) is 19.3 Å². The molecule has 0 bridgehead atoms. The molecule has 3 heteroatoms. The maximum absolute atomic E-state index is 3.12. The van der Waals surface area contributed by atoms with Crippen molar-refractivity contribution in [2.24, 2.45) is 0 Å². The predicted molar refractivity (Wildman–Crippen MR) is 28.2 cm³/mol. The molecule has 0 unspecified atom stereocenters. The number of hydrogen-bond donors (Lipinski definition) is 1. The van der Waals surface area contributed by atoms with E-state index in [0.29, 0.717) is 0 Å². The lowest BCUT2D eigenvalue weighted by Gasteiger charge is -2.01. The van der Waals surface area contributed by atoms with Gasteiger partial charge in [-0.1, -0.05) is 11.9 Å². The van der Waals surface area contributed by atoms with Crippen LogP contribution in [0.5, 0.6) is 0 Å². The van der Waals surface area contributed by atoms with E-state index in [9.17, 15) is 0 Å². The Hall–Kier alpha value is 0.270. The molecule has 1 fully saturated rings. The Labute approximate surface area is 42.0 Å². The summed E-state index contributed by atoms with van der Waals surface area (Å²) in [5.41, 5.74) is 3.12. The van der Waals surface area contributed by atoms with Gasteiger partial charge in [0.25, 0.3) is 0 Å². The summed E-state index contributed by atoms with van der Waals surface area (Å²) >= 11 is 1.82. The monoisotopic (exact) mass is 104 g/mol. The van der Waals surface area contributed by atoms with Crippen LogP contribution < -0.4 is 5.43 Å². The molecule has 1 N–H and O–H groups in total. The van der Waals surface area contributed by atoms with Gasteiger partial charge in [0.1, 0.15) is 0 Å². The summed E-state index contributed by atoms with van der Waals surface area (Å²) in [6.45, 7) is 1.13. The lowest BCUT2D eigenvalue weighted by Crippen LogP contribution is -2.20. The molecular formula is C3H8N2S. The molecule has 1 saturated heterocycles. The molecule has 0 amide bonds. The Morgan fingerprint density at radius 2 is 2.67 bits per heavy atom. The van der Waals surface area contributed by atoms with Crippen molar-refractivity contribution in [3.05, 3.63) is 0 Å². The maximum atomic E-state index is 3.12. The zero-order chi connectivity index (χ0) is 4.41. The minimum Gasteiger partial charge on any atom is -0.245 e. The van der Waals surface area contributed by atoms with Crippen LogP contribution in [0.25, 0.3) is 0 Å². The van der Waals surface area contributed by atoms with Gasteiger partial charge in [0.2, 0.25) is 0 Å². The number of nitrogens with one attached hydrogen (secondary N) is 1. The molecule has 1 rings (SSSR count). The Balaban J connectivity index is 2.18. The second kappa shape index (κ2) is 1.82. The van der Waals surface area contributed by atoms with Crippen LogP contribution in [0.2, 0.25) is 0 Å². The molecule has 0 saturated carbocycles. The molecule has 0 aromatic heterocycles. The first-order chi connectivity index (χ1) is 2.89. The molecule has 0 aromatic carbocycles. The molecule has 0 aromatic rings. The highest BCUT2D eigenvalue weighted by Crippen LogP contribution is 2.06. The number of hydrazine groups is 1. The van der Waals surface area contributed by atoms with Crippen molar-refractivity contribution in [2.45, 2.75) is 0 Å². The van der Waals surface area contributed by atoms with Gasteiger partial charge in [0, 0.05) is 19.3 Å². The summed E-state index contributed by atoms with van der Waals surface area (Å²) in [5.74, 6) is 1.22. The summed E-state index contributed by atoms with van der Waals surface area (Å²) in [6.07, 6.45) is 0. The van der Waals surface area contributed by atoms with Gasteiger partial charge in [0.15, 0.2) is 0 Å². The van der Waals surface area contributed by atoms with E-state index in [0.717, 1.165) is 6.54 Å². The van der Waals surface area contributed by atoms with Gasteiger partial charge in [-0.25, -0.2) is 5.43 Å².